The van der Waals surface area contributed by atoms with Crippen LogP contribution in [0.25, 0.3) is 10.8 Å². The van der Waals surface area contributed by atoms with Crippen LogP contribution in [-0.4, -0.2) is 70.9 Å². The van der Waals surface area contributed by atoms with Crippen LogP contribution in [-0.2, 0) is 30.8 Å². The van der Waals surface area contributed by atoms with Crippen molar-refractivity contribution in [3.8, 4) is 11.8 Å². The number of fused-ring (bicyclic) bond motifs is 2. The van der Waals surface area contributed by atoms with Gasteiger partial charge < -0.3 is 25.2 Å². The van der Waals surface area contributed by atoms with Gasteiger partial charge in [-0.2, -0.15) is 5.26 Å². The summed E-state index contributed by atoms with van der Waals surface area (Å²) in [5, 5.41) is 16.9. The number of methoxy groups -OCH3 is 1. The van der Waals surface area contributed by atoms with Crippen molar-refractivity contribution in [1.29, 1.82) is 5.26 Å². The number of nitriles is 1. The molecule has 12 heteroatoms. The van der Waals surface area contributed by atoms with Crippen LogP contribution in [0.2, 0.25) is 0 Å². The first-order valence-electron chi connectivity index (χ1n) is 12.8. The molecule has 0 bridgehead atoms. The van der Waals surface area contributed by atoms with Crippen LogP contribution in [0.4, 0.5) is 11.4 Å². The van der Waals surface area contributed by atoms with E-state index in [1.807, 2.05) is 30.3 Å². The molecule has 4 rings (SSSR count). The van der Waals surface area contributed by atoms with E-state index in [9.17, 15) is 28.1 Å². The summed E-state index contributed by atoms with van der Waals surface area (Å²) < 4.78 is 29.8. The van der Waals surface area contributed by atoms with Crippen LogP contribution in [0.1, 0.15) is 18.1 Å². The molecule has 41 heavy (non-hydrogen) atoms. The Balaban J connectivity index is 1.93. The molecule has 1 aliphatic rings. The molecule has 0 aromatic heterocycles. The van der Waals surface area contributed by atoms with E-state index in [1.165, 1.54) is 35.1 Å². The lowest BCUT2D eigenvalue weighted by Crippen LogP contribution is -2.56. The zero-order chi connectivity index (χ0) is 29.9. The van der Waals surface area contributed by atoms with Crippen molar-refractivity contribution in [1.82, 2.24) is 10.6 Å². The van der Waals surface area contributed by atoms with Gasteiger partial charge in [0.2, 0.25) is 11.8 Å². The second kappa shape index (κ2) is 12.0. The molecule has 0 saturated heterocycles. The summed E-state index contributed by atoms with van der Waals surface area (Å²) in [6, 6.07) is 15.9. The summed E-state index contributed by atoms with van der Waals surface area (Å²) in [5.74, 6) is -2.06. The molecular formula is C29H31N5O6S. The minimum absolute atomic E-state index is 0.0205. The highest BCUT2D eigenvalue weighted by Crippen LogP contribution is 2.38. The van der Waals surface area contributed by atoms with E-state index in [1.54, 1.807) is 20.0 Å². The van der Waals surface area contributed by atoms with Crippen molar-refractivity contribution >= 4 is 49.7 Å². The molecule has 3 amide bonds. The Kier molecular flexibility index (Phi) is 8.60. The van der Waals surface area contributed by atoms with Crippen molar-refractivity contribution in [3.05, 3.63) is 65.7 Å². The van der Waals surface area contributed by atoms with E-state index >= 15 is 0 Å². The number of hydrogen-bond acceptors (Lipinski definition) is 8. The number of carbonyl (C=O) groups excluding carboxylic acids is 3. The van der Waals surface area contributed by atoms with Gasteiger partial charge in [-0.25, -0.2) is 8.42 Å². The van der Waals surface area contributed by atoms with Gasteiger partial charge in [0.15, 0.2) is 9.84 Å². The van der Waals surface area contributed by atoms with Crippen molar-refractivity contribution in [2.45, 2.75) is 25.6 Å². The number of amides is 3. The van der Waals surface area contributed by atoms with Gasteiger partial charge in [-0.1, -0.05) is 30.3 Å². The van der Waals surface area contributed by atoms with Crippen LogP contribution in [0.5, 0.6) is 5.75 Å². The number of rotatable bonds is 8. The molecule has 2 atom stereocenters. The average Bonchev–Trinajstić information content (AvgIpc) is 3.06. The number of carbonyl (C=O) groups is 3. The van der Waals surface area contributed by atoms with Crippen LogP contribution in [0.15, 0.2) is 54.6 Å². The Morgan fingerprint density at radius 1 is 1.15 bits per heavy atom. The maximum absolute atomic E-state index is 14.3. The normalized spacial score (nSPS) is 16.0. The molecule has 214 valence electrons. The van der Waals surface area contributed by atoms with Crippen LogP contribution in [0.3, 0.4) is 0 Å². The minimum atomic E-state index is -3.72. The summed E-state index contributed by atoms with van der Waals surface area (Å²) in [6.07, 6.45) is 0.945. The highest BCUT2D eigenvalue weighted by molar-refractivity contribution is 7.91. The van der Waals surface area contributed by atoms with Gasteiger partial charge in [-0.3, -0.25) is 14.4 Å². The molecule has 1 heterocycles. The van der Waals surface area contributed by atoms with Crippen molar-refractivity contribution < 1.29 is 27.5 Å². The van der Waals surface area contributed by atoms with E-state index in [4.69, 9.17) is 4.74 Å². The van der Waals surface area contributed by atoms with Gasteiger partial charge in [0.25, 0.3) is 5.91 Å². The largest absolute Gasteiger partial charge is 0.496 e. The minimum Gasteiger partial charge on any atom is -0.496 e. The standard InChI is InChI=1S/C29H31N5O6S/c1-18(31-2)28(36)32-23-16-33(27(35)17-41(4,38)39)24-11-9-19(14-30)13-25(24)34(29(23)37)15-22-21-8-6-5-7-20(21)10-12-26(22)40-3/h5-13,18,23,31H,15-17H2,1-4H3,(H,32,36). The molecule has 0 radical (unpaired) electrons. The number of benzene rings is 3. The first-order chi connectivity index (χ1) is 19.5. The van der Waals surface area contributed by atoms with E-state index in [2.05, 4.69) is 16.7 Å². The van der Waals surface area contributed by atoms with E-state index < -0.39 is 45.4 Å². The lowest BCUT2D eigenvalue weighted by Gasteiger charge is -2.27. The Morgan fingerprint density at radius 3 is 2.54 bits per heavy atom. The SMILES string of the molecule is CNC(C)C(=O)NC1CN(C(=O)CS(C)(=O)=O)c2ccc(C#N)cc2N(Cc2c(OC)ccc3ccccc23)C1=O. The first-order valence-corrected chi connectivity index (χ1v) is 14.9. The third-order valence-corrected chi connectivity index (χ3v) is 7.75. The molecule has 2 unspecified atom stereocenters. The third kappa shape index (κ3) is 6.32. The van der Waals surface area contributed by atoms with Crippen molar-refractivity contribution in [2.24, 2.45) is 0 Å². The van der Waals surface area contributed by atoms with Gasteiger partial charge in [0.1, 0.15) is 17.5 Å². The van der Waals surface area contributed by atoms with Gasteiger partial charge in [0, 0.05) is 11.8 Å². The quantitative estimate of drug-likeness (QED) is 0.411. The number of likely N-dealkylation sites (N-methyl/N-ethyl adjacent to an activating group) is 1. The predicted octanol–water partition coefficient (Wildman–Crippen LogP) is 1.74. The Hall–Kier alpha value is -4.47. The Labute approximate surface area is 238 Å². The molecule has 11 nitrogen and oxygen atoms in total. The number of sulfone groups is 1. The maximum Gasteiger partial charge on any atom is 0.251 e. The number of ether oxygens (including phenoxy) is 1. The van der Waals surface area contributed by atoms with E-state index in [0.29, 0.717) is 11.3 Å². The van der Waals surface area contributed by atoms with Crippen molar-refractivity contribution in [2.75, 3.05) is 42.5 Å². The van der Waals surface area contributed by atoms with Crippen LogP contribution in [0, 0.1) is 11.3 Å². The number of hydrogen-bond donors (Lipinski definition) is 2. The van der Waals surface area contributed by atoms with Gasteiger partial charge in [-0.15, -0.1) is 0 Å². The van der Waals surface area contributed by atoms with Gasteiger partial charge >= 0.3 is 0 Å². The fraction of sp³-hybridized carbons (Fsp3) is 0.310. The third-order valence-electron chi connectivity index (χ3n) is 6.98. The summed E-state index contributed by atoms with van der Waals surface area (Å²) in [7, 11) is -0.605. The van der Waals surface area contributed by atoms with Gasteiger partial charge in [-0.05, 0) is 49.0 Å². The average molecular weight is 578 g/mol. The smallest absolute Gasteiger partial charge is 0.251 e. The molecule has 0 fully saturated rings. The molecule has 3 aromatic carbocycles. The second-order valence-corrected chi connectivity index (χ2v) is 12.0. The van der Waals surface area contributed by atoms with Crippen molar-refractivity contribution in [3.63, 3.8) is 0 Å². The highest BCUT2D eigenvalue weighted by Gasteiger charge is 2.38. The number of nitrogens with zero attached hydrogens (tertiary/aromatic N) is 3. The van der Waals surface area contributed by atoms with E-state index in [-0.39, 0.29) is 30.0 Å². The zero-order valence-electron chi connectivity index (χ0n) is 23.2. The second-order valence-electron chi connectivity index (χ2n) is 9.85. The fourth-order valence-electron chi connectivity index (χ4n) is 4.77. The maximum atomic E-state index is 14.3. The fourth-order valence-corrected chi connectivity index (χ4v) is 5.37. The summed E-state index contributed by atoms with van der Waals surface area (Å²) >= 11 is 0. The lowest BCUT2D eigenvalue weighted by molar-refractivity contribution is -0.128. The zero-order valence-corrected chi connectivity index (χ0v) is 24.0. The van der Waals surface area contributed by atoms with Crippen LogP contribution < -0.4 is 25.2 Å². The highest BCUT2D eigenvalue weighted by atomic mass is 32.2. The number of anilines is 2. The Bertz CT molecular complexity index is 1670. The lowest BCUT2D eigenvalue weighted by atomic mass is 10.0. The topological polar surface area (TPSA) is 149 Å². The number of nitrogens with one attached hydrogen (secondary N) is 2. The summed E-state index contributed by atoms with van der Waals surface area (Å²) in [5.41, 5.74) is 1.37. The van der Waals surface area contributed by atoms with Gasteiger partial charge in [0.05, 0.1) is 49.2 Å². The molecule has 0 aliphatic carbocycles. The summed E-state index contributed by atoms with van der Waals surface area (Å²) in [4.78, 5) is 43.1. The van der Waals surface area contributed by atoms with E-state index in [0.717, 1.165) is 17.0 Å². The van der Waals surface area contributed by atoms with Crippen LogP contribution >= 0.6 is 0 Å². The molecule has 2 N–H and O–H groups in total. The molecule has 0 saturated carbocycles. The molecule has 1 aliphatic heterocycles. The molecule has 3 aromatic rings. The predicted molar refractivity (Wildman–Crippen MR) is 155 cm³/mol. The first kappa shape index (κ1) is 29.5. The molecule has 0 spiro atoms. The monoisotopic (exact) mass is 577 g/mol. The molecular weight excluding hydrogens is 546 g/mol. The summed E-state index contributed by atoms with van der Waals surface area (Å²) in [6.45, 7) is 1.29. The Morgan fingerprint density at radius 2 is 1.88 bits per heavy atom.